The molecule has 172 valence electrons. The molecule has 6 nitrogen and oxygen atoms in total. The molecule has 1 aliphatic heterocycles. The number of rotatable bonds is 6. The Morgan fingerprint density at radius 1 is 1.09 bits per heavy atom. The van der Waals surface area contributed by atoms with E-state index in [-0.39, 0.29) is 30.7 Å². The molecule has 2 aromatic carbocycles. The molecular weight excluding hydrogens is 451 g/mol. The number of fused-ring (bicyclic) bond motifs is 1. The zero-order valence-corrected chi connectivity index (χ0v) is 19.4. The quantitative estimate of drug-likeness (QED) is 0.448. The van der Waals surface area contributed by atoms with Gasteiger partial charge in [-0.25, -0.2) is 4.39 Å². The van der Waals surface area contributed by atoms with E-state index in [9.17, 15) is 14.0 Å². The summed E-state index contributed by atoms with van der Waals surface area (Å²) in [5, 5.41) is 9.56. The number of nitrogens with zero attached hydrogens (tertiary/aromatic N) is 3. The lowest BCUT2D eigenvalue weighted by Crippen LogP contribution is -2.63. The molecule has 0 spiro atoms. The lowest BCUT2D eigenvalue weighted by atomic mass is 9.94. The maximum absolute atomic E-state index is 13.9. The number of thiophene rings is 1. The fraction of sp³-hybridized carbons (Fsp3) is 0.192. The number of hydrogen-bond donors (Lipinski definition) is 1. The normalized spacial score (nSPS) is 17.5. The summed E-state index contributed by atoms with van der Waals surface area (Å²) >= 11 is 1.54. The van der Waals surface area contributed by atoms with Gasteiger partial charge in [-0.3, -0.25) is 14.3 Å². The van der Waals surface area contributed by atoms with E-state index in [4.69, 9.17) is 0 Å². The molecule has 4 aromatic rings. The third-order valence-corrected chi connectivity index (χ3v) is 6.98. The maximum atomic E-state index is 13.9. The van der Waals surface area contributed by atoms with Crippen LogP contribution in [0.25, 0.3) is 10.6 Å². The number of nitrogens with one attached hydrogen (secondary N) is 1. The Balaban J connectivity index is 1.50. The second-order valence-electron chi connectivity index (χ2n) is 8.51. The summed E-state index contributed by atoms with van der Waals surface area (Å²) in [4.78, 5) is 29.7. The van der Waals surface area contributed by atoms with E-state index >= 15 is 0 Å². The standard InChI is InChI=1S/C26H23FN4O2S/c1-26(25(33)28-15-18-7-3-2-4-8-18)17-31-22(14-21(29-31)23-11-6-12-34-23)24(32)30(26)16-19-9-5-10-20(27)13-19/h2-14H,15-17H2,1H3,(H,28,33)/t26-/m1/s1. The lowest BCUT2D eigenvalue weighted by molar-refractivity contribution is -0.133. The molecule has 0 saturated carbocycles. The molecule has 0 unspecified atom stereocenters. The molecule has 0 aliphatic carbocycles. The van der Waals surface area contributed by atoms with Gasteiger partial charge in [0.1, 0.15) is 22.7 Å². The van der Waals surface area contributed by atoms with Crippen LogP contribution in [0.15, 0.2) is 78.2 Å². The van der Waals surface area contributed by atoms with Crippen LogP contribution < -0.4 is 5.32 Å². The van der Waals surface area contributed by atoms with Crippen LogP contribution in [0.2, 0.25) is 0 Å². The molecule has 34 heavy (non-hydrogen) atoms. The van der Waals surface area contributed by atoms with E-state index in [0.29, 0.717) is 23.5 Å². The first kappa shape index (κ1) is 22.0. The Hall–Kier alpha value is -3.78. The van der Waals surface area contributed by atoms with Crippen LogP contribution in [0.3, 0.4) is 0 Å². The van der Waals surface area contributed by atoms with Gasteiger partial charge in [0.05, 0.1) is 11.4 Å². The molecule has 3 heterocycles. The molecule has 1 aliphatic rings. The minimum absolute atomic E-state index is 0.103. The van der Waals surface area contributed by atoms with Gasteiger partial charge >= 0.3 is 0 Å². The van der Waals surface area contributed by atoms with Gasteiger partial charge in [-0.15, -0.1) is 11.3 Å². The van der Waals surface area contributed by atoms with Crippen LogP contribution >= 0.6 is 11.3 Å². The average Bonchev–Trinajstić information content (AvgIpc) is 3.51. The Bertz CT molecular complexity index is 1340. The molecule has 5 rings (SSSR count). The van der Waals surface area contributed by atoms with E-state index in [1.807, 2.05) is 47.8 Å². The molecule has 1 atom stereocenters. The summed E-state index contributed by atoms with van der Waals surface area (Å²) in [6.45, 7) is 2.37. The molecule has 2 amide bonds. The highest BCUT2D eigenvalue weighted by atomic mass is 32.1. The molecular formula is C26H23FN4O2S. The van der Waals surface area contributed by atoms with Crippen molar-refractivity contribution in [3.63, 3.8) is 0 Å². The first-order valence-corrected chi connectivity index (χ1v) is 11.8. The van der Waals surface area contributed by atoms with Gasteiger partial charge in [0.25, 0.3) is 5.91 Å². The largest absolute Gasteiger partial charge is 0.350 e. The van der Waals surface area contributed by atoms with Gasteiger partial charge in [-0.1, -0.05) is 48.5 Å². The summed E-state index contributed by atoms with van der Waals surface area (Å²) in [6, 6.07) is 21.3. The lowest BCUT2D eigenvalue weighted by Gasteiger charge is -2.43. The monoisotopic (exact) mass is 474 g/mol. The summed E-state index contributed by atoms with van der Waals surface area (Å²) in [6.07, 6.45) is 0. The minimum atomic E-state index is -1.22. The van der Waals surface area contributed by atoms with Crippen molar-refractivity contribution in [2.24, 2.45) is 0 Å². The number of halogens is 1. The van der Waals surface area contributed by atoms with Crippen LogP contribution in [0.5, 0.6) is 0 Å². The van der Waals surface area contributed by atoms with Gasteiger partial charge in [0.2, 0.25) is 5.91 Å². The summed E-state index contributed by atoms with van der Waals surface area (Å²) in [7, 11) is 0. The van der Waals surface area contributed by atoms with Gasteiger partial charge < -0.3 is 10.2 Å². The van der Waals surface area contributed by atoms with E-state index in [0.717, 1.165) is 10.4 Å². The molecule has 0 radical (unpaired) electrons. The molecule has 2 aromatic heterocycles. The van der Waals surface area contributed by atoms with Crippen LogP contribution in [0, 0.1) is 5.82 Å². The fourth-order valence-electron chi connectivity index (χ4n) is 4.22. The topological polar surface area (TPSA) is 67.2 Å². The van der Waals surface area contributed by atoms with Gasteiger partial charge in [0.15, 0.2) is 0 Å². The van der Waals surface area contributed by atoms with E-state index in [2.05, 4.69) is 10.4 Å². The Labute approximate surface area is 200 Å². The molecule has 0 fully saturated rings. The summed E-state index contributed by atoms with van der Waals surface area (Å²) in [5.74, 6) is -0.995. The first-order chi connectivity index (χ1) is 16.4. The SMILES string of the molecule is C[C@]1(C(=O)NCc2ccccc2)Cn2nc(-c3cccs3)cc2C(=O)N1Cc1cccc(F)c1. The fourth-order valence-corrected chi connectivity index (χ4v) is 4.90. The number of aromatic nitrogens is 2. The molecule has 0 bridgehead atoms. The number of amides is 2. The van der Waals surface area contributed by atoms with Crippen molar-refractivity contribution < 1.29 is 14.0 Å². The van der Waals surface area contributed by atoms with E-state index < -0.39 is 5.54 Å². The number of hydrogen-bond acceptors (Lipinski definition) is 4. The maximum Gasteiger partial charge on any atom is 0.273 e. The van der Waals surface area contributed by atoms with Gasteiger partial charge in [-0.2, -0.15) is 5.10 Å². The molecule has 8 heteroatoms. The highest BCUT2D eigenvalue weighted by molar-refractivity contribution is 7.13. The number of benzene rings is 2. The summed E-state index contributed by atoms with van der Waals surface area (Å²) < 4.78 is 15.5. The van der Waals surface area contributed by atoms with Crippen molar-refractivity contribution in [3.8, 4) is 10.6 Å². The Kier molecular flexibility index (Phi) is 5.75. The first-order valence-electron chi connectivity index (χ1n) is 10.9. The van der Waals surface area contributed by atoms with Crippen molar-refractivity contribution in [2.45, 2.75) is 32.1 Å². The zero-order valence-electron chi connectivity index (χ0n) is 18.6. The van der Waals surface area contributed by atoms with Gasteiger partial charge in [0, 0.05) is 13.1 Å². The van der Waals surface area contributed by atoms with E-state index in [1.54, 1.807) is 29.8 Å². The Morgan fingerprint density at radius 3 is 2.62 bits per heavy atom. The van der Waals surface area contributed by atoms with Crippen LogP contribution in [0.4, 0.5) is 4.39 Å². The van der Waals surface area contributed by atoms with Crippen molar-refractivity contribution in [3.05, 3.63) is 101 Å². The van der Waals surface area contributed by atoms with Crippen LogP contribution in [-0.2, 0) is 24.4 Å². The van der Waals surface area contributed by atoms with Crippen molar-refractivity contribution in [2.75, 3.05) is 0 Å². The predicted octanol–water partition coefficient (Wildman–Crippen LogP) is 4.48. The predicted molar refractivity (Wildman–Crippen MR) is 129 cm³/mol. The van der Waals surface area contributed by atoms with Gasteiger partial charge in [-0.05, 0) is 47.7 Å². The number of carbonyl (C=O) groups excluding carboxylic acids is 2. The van der Waals surface area contributed by atoms with Crippen LogP contribution in [-0.4, -0.2) is 32.0 Å². The third kappa shape index (κ3) is 4.12. The Morgan fingerprint density at radius 2 is 1.88 bits per heavy atom. The molecule has 0 saturated heterocycles. The minimum Gasteiger partial charge on any atom is -0.350 e. The zero-order chi connectivity index (χ0) is 23.7. The smallest absolute Gasteiger partial charge is 0.273 e. The number of carbonyl (C=O) groups is 2. The average molecular weight is 475 g/mol. The van der Waals surface area contributed by atoms with E-state index in [1.165, 1.54) is 28.4 Å². The highest BCUT2D eigenvalue weighted by Gasteiger charge is 2.48. The van der Waals surface area contributed by atoms with Crippen molar-refractivity contribution >= 4 is 23.2 Å². The molecule has 1 N–H and O–H groups in total. The third-order valence-electron chi connectivity index (χ3n) is 6.09. The second-order valence-corrected chi connectivity index (χ2v) is 9.46. The summed E-state index contributed by atoms with van der Waals surface area (Å²) in [5.41, 5.74) is 1.45. The second kappa shape index (κ2) is 8.87. The van der Waals surface area contributed by atoms with Crippen LogP contribution in [0.1, 0.15) is 28.5 Å². The highest BCUT2D eigenvalue weighted by Crippen LogP contribution is 2.32. The van der Waals surface area contributed by atoms with Crippen molar-refractivity contribution in [1.82, 2.24) is 20.0 Å². The van der Waals surface area contributed by atoms with Crippen molar-refractivity contribution in [1.29, 1.82) is 0 Å².